The molecule has 1 aliphatic carbocycles. The van der Waals surface area contributed by atoms with Gasteiger partial charge in [0.2, 0.25) is 11.8 Å². The van der Waals surface area contributed by atoms with Gasteiger partial charge < -0.3 is 14.8 Å². The highest BCUT2D eigenvalue weighted by atomic mass is 16.2. The Labute approximate surface area is 188 Å². The van der Waals surface area contributed by atoms with E-state index in [0.29, 0.717) is 6.42 Å². The Bertz CT molecular complexity index is 1160. The van der Waals surface area contributed by atoms with Gasteiger partial charge in [0.05, 0.1) is 6.04 Å². The second kappa shape index (κ2) is 7.80. The lowest BCUT2D eigenvalue weighted by atomic mass is 9.86. The van der Waals surface area contributed by atoms with E-state index in [0.717, 1.165) is 49.7 Å². The van der Waals surface area contributed by atoms with Crippen LogP contribution in [0, 0.1) is 0 Å². The Hall–Kier alpha value is -3.08. The zero-order chi connectivity index (χ0) is 21.7. The summed E-state index contributed by atoms with van der Waals surface area (Å²) in [7, 11) is 0. The molecule has 5 heteroatoms. The first-order valence-electron chi connectivity index (χ1n) is 12.0. The van der Waals surface area contributed by atoms with Crippen LogP contribution in [0.25, 0.3) is 10.9 Å². The molecule has 2 atom stereocenters. The number of hydrogen-bond donors (Lipinski definition) is 1. The van der Waals surface area contributed by atoms with Gasteiger partial charge >= 0.3 is 0 Å². The zero-order valence-corrected chi connectivity index (χ0v) is 18.3. The Morgan fingerprint density at radius 1 is 0.938 bits per heavy atom. The summed E-state index contributed by atoms with van der Waals surface area (Å²) in [4.78, 5) is 34.7. The molecule has 3 aliphatic rings. The van der Waals surface area contributed by atoms with Gasteiger partial charge in [0.1, 0.15) is 12.6 Å². The van der Waals surface area contributed by atoms with Crippen molar-refractivity contribution in [2.24, 2.45) is 0 Å². The van der Waals surface area contributed by atoms with Gasteiger partial charge in [0.25, 0.3) is 0 Å². The average molecular weight is 428 g/mol. The Morgan fingerprint density at radius 2 is 1.69 bits per heavy atom. The van der Waals surface area contributed by atoms with Crippen LogP contribution in [0.3, 0.4) is 0 Å². The van der Waals surface area contributed by atoms with Crippen molar-refractivity contribution in [2.75, 3.05) is 6.54 Å². The third-order valence-electron chi connectivity index (χ3n) is 7.73. The van der Waals surface area contributed by atoms with E-state index in [9.17, 15) is 9.59 Å². The van der Waals surface area contributed by atoms with Crippen molar-refractivity contribution in [1.29, 1.82) is 0 Å². The highest BCUT2D eigenvalue weighted by Gasteiger charge is 2.48. The lowest BCUT2D eigenvalue weighted by Gasteiger charge is -2.48. The zero-order valence-electron chi connectivity index (χ0n) is 18.3. The molecule has 1 N–H and O–H groups in total. The lowest BCUT2D eigenvalue weighted by molar-refractivity contribution is -0.162. The van der Waals surface area contributed by atoms with E-state index in [1.54, 1.807) is 0 Å². The molecule has 1 saturated carbocycles. The van der Waals surface area contributed by atoms with Crippen LogP contribution in [0.1, 0.15) is 55.0 Å². The number of aromatic nitrogens is 1. The third-order valence-corrected chi connectivity index (χ3v) is 7.73. The van der Waals surface area contributed by atoms with Crippen LogP contribution < -0.4 is 0 Å². The summed E-state index contributed by atoms with van der Waals surface area (Å²) in [6.07, 6.45) is 6.66. The molecular formula is C27H29N3O2. The summed E-state index contributed by atoms with van der Waals surface area (Å²) in [6.45, 7) is 0.234. The number of benzene rings is 2. The van der Waals surface area contributed by atoms with E-state index in [1.165, 1.54) is 16.5 Å². The molecule has 3 heterocycles. The number of rotatable bonds is 4. The minimum Gasteiger partial charge on any atom is -0.356 e. The van der Waals surface area contributed by atoms with Gasteiger partial charge in [-0.15, -0.1) is 0 Å². The maximum absolute atomic E-state index is 13.7. The monoisotopic (exact) mass is 427 g/mol. The molecule has 5 nitrogen and oxygen atoms in total. The molecule has 0 bridgehead atoms. The number of H-pyrrole nitrogens is 1. The molecule has 3 aromatic rings. The highest BCUT2D eigenvalue weighted by molar-refractivity contribution is 5.97. The standard InChI is InChI=1S/C27H29N3O2/c31-25-17-29(19-10-4-5-11-19)27(32)24-16-21-20-12-6-7-13-22(20)28-26(21)23(30(24)25)15-14-18-8-2-1-3-9-18/h1-3,6-9,12-13,19,23-24,28H,4-5,10-11,14-17H2/t23?,24-/m0/s1. The van der Waals surface area contributed by atoms with E-state index in [1.807, 2.05) is 21.9 Å². The Kier molecular flexibility index (Phi) is 4.78. The van der Waals surface area contributed by atoms with Crippen molar-refractivity contribution in [2.45, 2.75) is 63.1 Å². The number of nitrogens with zero attached hydrogens (tertiary/aromatic N) is 2. The first kappa shape index (κ1) is 19.6. The minimum atomic E-state index is -0.385. The normalized spacial score (nSPS) is 23.6. The van der Waals surface area contributed by atoms with Gasteiger partial charge in [0.15, 0.2) is 0 Å². The molecule has 2 aromatic carbocycles. The van der Waals surface area contributed by atoms with E-state index >= 15 is 0 Å². The second-order valence-corrected chi connectivity index (χ2v) is 9.53. The topological polar surface area (TPSA) is 56.4 Å². The van der Waals surface area contributed by atoms with Crippen molar-refractivity contribution < 1.29 is 9.59 Å². The summed E-state index contributed by atoms with van der Waals surface area (Å²) >= 11 is 0. The molecule has 2 aliphatic heterocycles. The maximum Gasteiger partial charge on any atom is 0.246 e. The summed E-state index contributed by atoms with van der Waals surface area (Å²) < 4.78 is 0. The molecule has 32 heavy (non-hydrogen) atoms. The number of hydrogen-bond acceptors (Lipinski definition) is 2. The number of nitrogens with one attached hydrogen (secondary N) is 1. The Morgan fingerprint density at radius 3 is 2.50 bits per heavy atom. The molecular weight excluding hydrogens is 398 g/mol. The fourth-order valence-electron chi connectivity index (χ4n) is 6.18. The van der Waals surface area contributed by atoms with E-state index in [-0.39, 0.29) is 36.5 Å². The van der Waals surface area contributed by atoms with E-state index in [4.69, 9.17) is 0 Å². The van der Waals surface area contributed by atoms with Crippen LogP contribution in [0.5, 0.6) is 0 Å². The van der Waals surface area contributed by atoms with Crippen LogP contribution in [-0.4, -0.2) is 45.2 Å². The Balaban J connectivity index is 1.40. The largest absolute Gasteiger partial charge is 0.356 e. The smallest absolute Gasteiger partial charge is 0.246 e. The summed E-state index contributed by atoms with van der Waals surface area (Å²) in [5.74, 6) is 0.251. The molecule has 2 amide bonds. The number of aryl methyl sites for hydroxylation is 1. The first-order valence-corrected chi connectivity index (χ1v) is 12.0. The van der Waals surface area contributed by atoms with Crippen LogP contribution in [-0.2, 0) is 22.4 Å². The lowest BCUT2D eigenvalue weighted by Crippen LogP contribution is -2.64. The fourth-order valence-corrected chi connectivity index (χ4v) is 6.18. The van der Waals surface area contributed by atoms with E-state index < -0.39 is 0 Å². The SMILES string of the molecule is O=C1[C@@H]2Cc3c([nH]c4ccccc34)C(CCc3ccccc3)N2C(=O)CN1C1CCCC1. The van der Waals surface area contributed by atoms with Crippen LogP contribution in [0.15, 0.2) is 54.6 Å². The first-order chi connectivity index (χ1) is 15.7. The summed E-state index contributed by atoms with van der Waals surface area (Å²) in [5.41, 5.74) is 4.69. The van der Waals surface area contributed by atoms with Gasteiger partial charge in [-0.05, 0) is 42.9 Å². The number of piperazine rings is 1. The predicted octanol–water partition coefficient (Wildman–Crippen LogP) is 4.38. The van der Waals surface area contributed by atoms with Gasteiger partial charge in [0, 0.05) is 29.1 Å². The molecule has 0 radical (unpaired) electrons. The highest BCUT2D eigenvalue weighted by Crippen LogP contribution is 2.42. The van der Waals surface area contributed by atoms with Gasteiger partial charge in [-0.3, -0.25) is 9.59 Å². The quantitative estimate of drug-likeness (QED) is 0.672. The van der Waals surface area contributed by atoms with Gasteiger partial charge in [-0.1, -0.05) is 61.4 Å². The molecule has 1 unspecified atom stereocenters. The summed E-state index contributed by atoms with van der Waals surface area (Å²) in [5, 5.41) is 1.19. The van der Waals surface area contributed by atoms with Crippen molar-refractivity contribution in [3.63, 3.8) is 0 Å². The van der Waals surface area contributed by atoms with Crippen LogP contribution >= 0.6 is 0 Å². The van der Waals surface area contributed by atoms with E-state index in [2.05, 4.69) is 47.4 Å². The van der Waals surface area contributed by atoms with Crippen molar-refractivity contribution in [1.82, 2.24) is 14.8 Å². The third kappa shape index (κ3) is 3.14. The summed E-state index contributed by atoms with van der Waals surface area (Å²) in [6, 6.07) is 18.5. The van der Waals surface area contributed by atoms with Gasteiger partial charge in [-0.2, -0.15) is 0 Å². The van der Waals surface area contributed by atoms with Crippen molar-refractivity contribution >= 4 is 22.7 Å². The van der Waals surface area contributed by atoms with Crippen LogP contribution in [0.2, 0.25) is 0 Å². The molecule has 6 rings (SSSR count). The maximum atomic E-state index is 13.7. The fraction of sp³-hybridized carbons (Fsp3) is 0.407. The number of carbonyl (C=O) groups is 2. The van der Waals surface area contributed by atoms with Crippen molar-refractivity contribution in [3.05, 3.63) is 71.4 Å². The minimum absolute atomic E-state index is 0.0986. The predicted molar refractivity (Wildman–Crippen MR) is 124 cm³/mol. The molecule has 1 aromatic heterocycles. The number of fused-ring (bicyclic) bond motifs is 4. The molecule has 0 spiro atoms. The number of para-hydroxylation sites is 1. The molecule has 2 fully saturated rings. The average Bonchev–Trinajstić information content (AvgIpc) is 3.48. The second-order valence-electron chi connectivity index (χ2n) is 9.53. The van der Waals surface area contributed by atoms with Crippen molar-refractivity contribution in [3.8, 4) is 0 Å². The molecule has 164 valence electrons. The number of amides is 2. The number of carbonyl (C=O) groups excluding carboxylic acids is 2. The van der Waals surface area contributed by atoms with Crippen LogP contribution in [0.4, 0.5) is 0 Å². The molecule has 1 saturated heterocycles. The number of aromatic amines is 1. The van der Waals surface area contributed by atoms with Gasteiger partial charge in [-0.25, -0.2) is 0 Å².